The van der Waals surface area contributed by atoms with Gasteiger partial charge in [0.2, 0.25) is 0 Å². The number of aliphatic hydroxyl groups excluding tert-OH is 1. The Morgan fingerprint density at radius 2 is 2.36 bits per heavy atom. The van der Waals surface area contributed by atoms with Gasteiger partial charge < -0.3 is 9.84 Å². The van der Waals surface area contributed by atoms with Crippen molar-refractivity contribution in [3.05, 3.63) is 24.0 Å². The highest BCUT2D eigenvalue weighted by atomic mass is 16.5. The quantitative estimate of drug-likeness (QED) is 0.563. The molecule has 76 valence electrons. The van der Waals surface area contributed by atoms with Crippen LogP contribution in [0.15, 0.2) is 18.3 Å². The number of carbonyl (C=O) groups is 1. The fourth-order valence-electron chi connectivity index (χ4n) is 0.929. The number of rotatable bonds is 5. The van der Waals surface area contributed by atoms with Gasteiger partial charge in [0.1, 0.15) is 11.4 Å². The van der Waals surface area contributed by atoms with Gasteiger partial charge in [-0.2, -0.15) is 0 Å². The molecular weight excluding hydrogens is 182 g/mol. The molecule has 0 bridgehead atoms. The van der Waals surface area contributed by atoms with E-state index in [1.54, 1.807) is 12.1 Å². The summed E-state index contributed by atoms with van der Waals surface area (Å²) in [6.07, 6.45) is 2.10. The van der Waals surface area contributed by atoms with Gasteiger partial charge in [-0.05, 0) is 12.1 Å². The van der Waals surface area contributed by atoms with Gasteiger partial charge in [-0.25, -0.2) is 4.98 Å². The second-order valence-corrected chi connectivity index (χ2v) is 2.86. The Balaban J connectivity index is 2.51. The molecule has 0 amide bonds. The molecule has 0 aliphatic carbocycles. The van der Waals surface area contributed by atoms with Gasteiger partial charge >= 0.3 is 0 Å². The van der Waals surface area contributed by atoms with Crippen molar-refractivity contribution in [2.24, 2.45) is 0 Å². The average molecular weight is 195 g/mol. The standard InChI is InChI=1S/C10H13NO3/c1-8(13)10-4-3-9(7-11-10)14-6-2-5-12/h3-4,7,12H,2,5-6H2,1H3. The number of hydrogen-bond donors (Lipinski definition) is 1. The first kappa shape index (κ1) is 10.7. The van der Waals surface area contributed by atoms with E-state index in [4.69, 9.17) is 9.84 Å². The zero-order chi connectivity index (χ0) is 10.4. The lowest BCUT2D eigenvalue weighted by Crippen LogP contribution is -2.01. The highest BCUT2D eigenvalue weighted by Gasteiger charge is 2.00. The summed E-state index contributed by atoms with van der Waals surface area (Å²) in [5.41, 5.74) is 0.430. The van der Waals surface area contributed by atoms with Gasteiger partial charge in [0.15, 0.2) is 5.78 Å². The number of carbonyl (C=O) groups excluding carboxylic acids is 1. The van der Waals surface area contributed by atoms with Crippen LogP contribution < -0.4 is 4.74 Å². The van der Waals surface area contributed by atoms with Gasteiger partial charge in [0.05, 0.1) is 12.8 Å². The highest BCUT2D eigenvalue weighted by molar-refractivity contribution is 5.92. The molecule has 14 heavy (non-hydrogen) atoms. The summed E-state index contributed by atoms with van der Waals surface area (Å²) in [4.78, 5) is 14.8. The average Bonchev–Trinajstić information content (AvgIpc) is 2.19. The second-order valence-electron chi connectivity index (χ2n) is 2.86. The maximum atomic E-state index is 10.9. The Morgan fingerprint density at radius 1 is 1.57 bits per heavy atom. The van der Waals surface area contributed by atoms with Gasteiger partial charge in [0.25, 0.3) is 0 Å². The molecule has 4 heteroatoms. The fraction of sp³-hybridized carbons (Fsp3) is 0.400. The van der Waals surface area contributed by atoms with Crippen LogP contribution in [0.4, 0.5) is 0 Å². The molecule has 0 fully saturated rings. The first-order valence-corrected chi connectivity index (χ1v) is 4.44. The lowest BCUT2D eigenvalue weighted by Gasteiger charge is -2.04. The minimum absolute atomic E-state index is 0.0630. The Bertz CT molecular complexity index is 295. The van der Waals surface area contributed by atoms with Crippen LogP contribution >= 0.6 is 0 Å². The Labute approximate surface area is 82.5 Å². The molecule has 1 N–H and O–H groups in total. The minimum atomic E-state index is -0.0630. The van der Waals surface area contributed by atoms with Crippen LogP contribution in [0.25, 0.3) is 0 Å². The maximum absolute atomic E-state index is 10.9. The molecular formula is C10H13NO3. The Hall–Kier alpha value is -1.42. The van der Waals surface area contributed by atoms with Crippen molar-refractivity contribution in [1.29, 1.82) is 0 Å². The van der Waals surface area contributed by atoms with E-state index < -0.39 is 0 Å². The van der Waals surface area contributed by atoms with E-state index >= 15 is 0 Å². The van der Waals surface area contributed by atoms with Crippen molar-refractivity contribution >= 4 is 5.78 Å². The topological polar surface area (TPSA) is 59.4 Å². The number of hydrogen-bond acceptors (Lipinski definition) is 4. The summed E-state index contributed by atoms with van der Waals surface area (Å²) in [6.45, 7) is 2.03. The van der Waals surface area contributed by atoms with Crippen LogP contribution in [0.1, 0.15) is 23.8 Å². The molecule has 1 aromatic heterocycles. The van der Waals surface area contributed by atoms with E-state index in [-0.39, 0.29) is 12.4 Å². The molecule has 0 unspecified atom stereocenters. The third kappa shape index (κ3) is 3.14. The summed E-state index contributed by atoms with van der Waals surface area (Å²) < 4.78 is 5.25. The molecule has 0 aliphatic heterocycles. The number of ketones is 1. The van der Waals surface area contributed by atoms with Crippen molar-refractivity contribution in [1.82, 2.24) is 4.98 Å². The van der Waals surface area contributed by atoms with E-state index in [2.05, 4.69) is 4.98 Å². The van der Waals surface area contributed by atoms with Crippen molar-refractivity contribution in [3.8, 4) is 5.75 Å². The second kappa shape index (κ2) is 5.34. The molecule has 1 heterocycles. The molecule has 0 aromatic carbocycles. The van der Waals surface area contributed by atoms with Crippen LogP contribution in [0.2, 0.25) is 0 Å². The molecule has 0 aliphatic rings. The molecule has 0 spiro atoms. The maximum Gasteiger partial charge on any atom is 0.178 e. The smallest absolute Gasteiger partial charge is 0.178 e. The lowest BCUT2D eigenvalue weighted by molar-refractivity contribution is 0.101. The fourth-order valence-corrected chi connectivity index (χ4v) is 0.929. The predicted molar refractivity (Wildman–Crippen MR) is 51.4 cm³/mol. The summed E-state index contributed by atoms with van der Waals surface area (Å²) in [5.74, 6) is 0.551. The summed E-state index contributed by atoms with van der Waals surface area (Å²) in [5, 5.41) is 8.52. The van der Waals surface area contributed by atoms with Crippen LogP contribution in [0.3, 0.4) is 0 Å². The summed E-state index contributed by atoms with van der Waals surface area (Å²) >= 11 is 0. The molecule has 0 saturated carbocycles. The Morgan fingerprint density at radius 3 is 2.86 bits per heavy atom. The highest BCUT2D eigenvalue weighted by Crippen LogP contribution is 2.09. The van der Waals surface area contributed by atoms with Crippen LogP contribution in [-0.2, 0) is 0 Å². The monoisotopic (exact) mass is 195 g/mol. The van der Waals surface area contributed by atoms with E-state index in [0.717, 1.165) is 0 Å². The molecule has 0 atom stereocenters. The first-order valence-electron chi connectivity index (χ1n) is 4.44. The van der Waals surface area contributed by atoms with Crippen molar-refractivity contribution in [2.45, 2.75) is 13.3 Å². The van der Waals surface area contributed by atoms with Gasteiger partial charge in [-0.1, -0.05) is 0 Å². The van der Waals surface area contributed by atoms with Crippen LogP contribution in [0.5, 0.6) is 5.75 Å². The zero-order valence-electron chi connectivity index (χ0n) is 8.06. The summed E-state index contributed by atoms with van der Waals surface area (Å²) in [7, 11) is 0. The van der Waals surface area contributed by atoms with E-state index in [9.17, 15) is 4.79 Å². The van der Waals surface area contributed by atoms with E-state index in [1.165, 1.54) is 13.1 Å². The van der Waals surface area contributed by atoms with Gasteiger partial charge in [0, 0.05) is 20.0 Å². The Kier molecular flexibility index (Phi) is 4.07. The normalized spacial score (nSPS) is 9.86. The molecule has 0 radical (unpaired) electrons. The van der Waals surface area contributed by atoms with Crippen molar-refractivity contribution in [2.75, 3.05) is 13.2 Å². The van der Waals surface area contributed by atoms with Crippen molar-refractivity contribution in [3.63, 3.8) is 0 Å². The number of aromatic nitrogens is 1. The molecule has 1 aromatic rings. The number of Topliss-reactive ketones (excluding diaryl/α,β-unsaturated/α-hetero) is 1. The SMILES string of the molecule is CC(=O)c1ccc(OCCCO)cn1. The minimum Gasteiger partial charge on any atom is -0.492 e. The zero-order valence-corrected chi connectivity index (χ0v) is 8.06. The molecule has 0 saturated heterocycles. The number of pyridine rings is 1. The third-order valence-electron chi connectivity index (χ3n) is 1.67. The van der Waals surface area contributed by atoms with Crippen LogP contribution in [0, 0.1) is 0 Å². The largest absolute Gasteiger partial charge is 0.492 e. The van der Waals surface area contributed by atoms with Gasteiger partial charge in [-0.3, -0.25) is 4.79 Å². The number of aliphatic hydroxyl groups is 1. The number of ether oxygens (including phenoxy) is 1. The lowest BCUT2D eigenvalue weighted by atomic mass is 10.3. The predicted octanol–water partition coefficient (Wildman–Crippen LogP) is 1.05. The third-order valence-corrected chi connectivity index (χ3v) is 1.67. The summed E-state index contributed by atoms with van der Waals surface area (Å²) in [6, 6.07) is 3.32. The molecule has 1 rings (SSSR count). The molecule has 4 nitrogen and oxygen atoms in total. The van der Waals surface area contributed by atoms with Crippen molar-refractivity contribution < 1.29 is 14.6 Å². The van der Waals surface area contributed by atoms with E-state index in [0.29, 0.717) is 24.5 Å². The van der Waals surface area contributed by atoms with Crippen LogP contribution in [-0.4, -0.2) is 29.1 Å². The van der Waals surface area contributed by atoms with E-state index in [1.807, 2.05) is 0 Å². The first-order chi connectivity index (χ1) is 6.74. The number of nitrogens with zero attached hydrogens (tertiary/aromatic N) is 1. The van der Waals surface area contributed by atoms with Gasteiger partial charge in [-0.15, -0.1) is 0 Å².